The van der Waals surface area contributed by atoms with E-state index in [1.54, 1.807) is 11.3 Å². The zero-order chi connectivity index (χ0) is 16.4. The molecule has 3 rings (SSSR count). The third-order valence-corrected chi connectivity index (χ3v) is 5.58. The SMILES string of the molecule is CS(=O)(=O)c1ccc(C(=O)OCc2csc3ccccc23)cc1. The lowest BCUT2D eigenvalue weighted by atomic mass is 10.2. The molecule has 0 amide bonds. The summed E-state index contributed by atoms with van der Waals surface area (Å²) in [5, 5.41) is 3.06. The van der Waals surface area contributed by atoms with Crippen LogP contribution < -0.4 is 0 Å². The van der Waals surface area contributed by atoms with E-state index in [2.05, 4.69) is 0 Å². The van der Waals surface area contributed by atoms with Gasteiger partial charge in [-0.05, 0) is 41.1 Å². The maximum Gasteiger partial charge on any atom is 0.338 e. The van der Waals surface area contributed by atoms with E-state index in [4.69, 9.17) is 4.74 Å². The summed E-state index contributed by atoms with van der Waals surface area (Å²) in [4.78, 5) is 12.2. The monoisotopic (exact) mass is 346 g/mol. The minimum Gasteiger partial charge on any atom is -0.457 e. The van der Waals surface area contributed by atoms with Gasteiger partial charge in [0.2, 0.25) is 0 Å². The predicted octanol–water partition coefficient (Wildman–Crippen LogP) is 3.66. The third kappa shape index (κ3) is 3.43. The first-order valence-corrected chi connectivity index (χ1v) is 9.64. The Morgan fingerprint density at radius 3 is 2.48 bits per heavy atom. The standard InChI is InChI=1S/C17H14O4S2/c1-23(19,20)14-8-6-12(7-9-14)17(18)21-10-13-11-22-16-5-3-2-4-15(13)16/h2-9,11H,10H2,1H3. The van der Waals surface area contributed by atoms with E-state index < -0.39 is 15.8 Å². The minimum atomic E-state index is -3.27. The van der Waals surface area contributed by atoms with Gasteiger partial charge >= 0.3 is 5.97 Å². The highest BCUT2D eigenvalue weighted by atomic mass is 32.2. The second kappa shape index (κ2) is 6.14. The van der Waals surface area contributed by atoms with Crippen LogP contribution in [-0.2, 0) is 21.2 Å². The van der Waals surface area contributed by atoms with Crippen LogP contribution >= 0.6 is 11.3 Å². The molecule has 1 heterocycles. The van der Waals surface area contributed by atoms with Crippen molar-refractivity contribution in [2.45, 2.75) is 11.5 Å². The summed E-state index contributed by atoms with van der Waals surface area (Å²) in [7, 11) is -3.27. The highest BCUT2D eigenvalue weighted by Gasteiger charge is 2.12. The Hall–Kier alpha value is -2.18. The topological polar surface area (TPSA) is 60.4 Å². The number of hydrogen-bond acceptors (Lipinski definition) is 5. The summed E-state index contributed by atoms with van der Waals surface area (Å²) < 4.78 is 29.3. The lowest BCUT2D eigenvalue weighted by molar-refractivity contribution is 0.0474. The molecule has 1 aromatic heterocycles. The van der Waals surface area contributed by atoms with Crippen LogP contribution in [0.2, 0.25) is 0 Å². The summed E-state index contributed by atoms with van der Waals surface area (Å²) in [6, 6.07) is 13.7. The predicted molar refractivity (Wildman–Crippen MR) is 90.5 cm³/mol. The fourth-order valence-electron chi connectivity index (χ4n) is 2.21. The number of hydrogen-bond donors (Lipinski definition) is 0. The Morgan fingerprint density at radius 2 is 1.78 bits per heavy atom. The van der Waals surface area contributed by atoms with E-state index in [0.29, 0.717) is 5.56 Å². The highest BCUT2D eigenvalue weighted by Crippen LogP contribution is 2.26. The molecule has 0 aliphatic carbocycles. The Balaban J connectivity index is 1.72. The second-order valence-corrected chi connectivity index (χ2v) is 8.06. The van der Waals surface area contributed by atoms with Crippen molar-refractivity contribution in [3.8, 4) is 0 Å². The average Bonchev–Trinajstić information content (AvgIpc) is 2.95. The quantitative estimate of drug-likeness (QED) is 0.677. The van der Waals surface area contributed by atoms with Crippen LogP contribution in [0.25, 0.3) is 10.1 Å². The van der Waals surface area contributed by atoms with Crippen LogP contribution in [0.4, 0.5) is 0 Å². The fourth-order valence-corrected chi connectivity index (χ4v) is 3.79. The first kappa shape index (κ1) is 15.7. The molecule has 0 aliphatic heterocycles. The first-order valence-electron chi connectivity index (χ1n) is 6.87. The van der Waals surface area contributed by atoms with Crippen molar-refractivity contribution >= 4 is 37.2 Å². The fraction of sp³-hybridized carbons (Fsp3) is 0.118. The summed E-state index contributed by atoms with van der Waals surface area (Å²) in [5.41, 5.74) is 1.30. The van der Waals surface area contributed by atoms with Gasteiger partial charge in [-0.25, -0.2) is 13.2 Å². The summed E-state index contributed by atoms with van der Waals surface area (Å²) in [6.45, 7) is 0.191. The molecule has 0 fully saturated rings. The van der Waals surface area contributed by atoms with E-state index in [9.17, 15) is 13.2 Å². The van der Waals surface area contributed by atoms with Gasteiger partial charge in [0, 0.05) is 16.5 Å². The molecule has 2 aromatic carbocycles. The van der Waals surface area contributed by atoms with Crippen molar-refractivity contribution in [3.63, 3.8) is 0 Å². The largest absolute Gasteiger partial charge is 0.457 e. The number of rotatable bonds is 4. The Bertz CT molecular complexity index is 954. The molecule has 23 heavy (non-hydrogen) atoms. The summed E-state index contributed by atoms with van der Waals surface area (Å²) >= 11 is 1.61. The molecule has 0 N–H and O–H groups in total. The van der Waals surface area contributed by atoms with Crippen LogP contribution in [0.5, 0.6) is 0 Å². The third-order valence-electron chi connectivity index (χ3n) is 3.44. The number of esters is 1. The van der Waals surface area contributed by atoms with Gasteiger partial charge in [0.1, 0.15) is 6.61 Å². The zero-order valence-corrected chi connectivity index (χ0v) is 14.0. The summed E-state index contributed by atoms with van der Waals surface area (Å²) in [6.07, 6.45) is 1.13. The van der Waals surface area contributed by atoms with Gasteiger partial charge in [0.05, 0.1) is 10.5 Å². The van der Waals surface area contributed by atoms with Crippen LogP contribution in [-0.4, -0.2) is 20.6 Å². The van der Waals surface area contributed by atoms with E-state index >= 15 is 0 Å². The number of sulfone groups is 1. The van der Waals surface area contributed by atoms with Crippen molar-refractivity contribution in [3.05, 3.63) is 65.0 Å². The van der Waals surface area contributed by atoms with Gasteiger partial charge in [-0.1, -0.05) is 18.2 Å². The lowest BCUT2D eigenvalue weighted by Crippen LogP contribution is -2.05. The number of fused-ring (bicyclic) bond motifs is 1. The van der Waals surface area contributed by atoms with Gasteiger partial charge in [-0.2, -0.15) is 0 Å². The van der Waals surface area contributed by atoms with Crippen LogP contribution in [0, 0.1) is 0 Å². The maximum absolute atomic E-state index is 12.1. The van der Waals surface area contributed by atoms with Crippen molar-refractivity contribution < 1.29 is 17.9 Å². The van der Waals surface area contributed by atoms with Gasteiger partial charge in [0.15, 0.2) is 9.84 Å². The van der Waals surface area contributed by atoms with Crippen molar-refractivity contribution in [2.75, 3.05) is 6.26 Å². The van der Waals surface area contributed by atoms with Crippen LogP contribution in [0.1, 0.15) is 15.9 Å². The molecular weight excluding hydrogens is 332 g/mol. The van der Waals surface area contributed by atoms with Crippen LogP contribution in [0.3, 0.4) is 0 Å². The smallest absolute Gasteiger partial charge is 0.338 e. The normalized spacial score (nSPS) is 11.5. The number of benzene rings is 2. The molecule has 0 saturated heterocycles. The van der Waals surface area contributed by atoms with Gasteiger partial charge < -0.3 is 4.74 Å². The number of carbonyl (C=O) groups excluding carboxylic acids is 1. The number of carbonyl (C=O) groups is 1. The van der Waals surface area contributed by atoms with Gasteiger partial charge in [0.25, 0.3) is 0 Å². The zero-order valence-electron chi connectivity index (χ0n) is 12.4. The molecule has 0 bridgehead atoms. The van der Waals surface area contributed by atoms with E-state index in [1.165, 1.54) is 24.3 Å². The molecule has 0 aliphatic rings. The Labute approximate surface area is 138 Å². The molecule has 6 heteroatoms. The molecule has 4 nitrogen and oxygen atoms in total. The second-order valence-electron chi connectivity index (χ2n) is 5.13. The molecule has 0 atom stereocenters. The lowest BCUT2D eigenvalue weighted by Gasteiger charge is -2.05. The average molecular weight is 346 g/mol. The van der Waals surface area contributed by atoms with Crippen molar-refractivity contribution in [1.82, 2.24) is 0 Å². The Morgan fingerprint density at radius 1 is 1.09 bits per heavy atom. The Kier molecular flexibility index (Phi) is 4.19. The molecule has 0 spiro atoms. The van der Waals surface area contributed by atoms with E-state index in [-0.39, 0.29) is 11.5 Å². The minimum absolute atomic E-state index is 0.179. The van der Waals surface area contributed by atoms with Crippen molar-refractivity contribution in [1.29, 1.82) is 0 Å². The molecule has 118 valence electrons. The molecule has 3 aromatic rings. The number of thiophene rings is 1. The van der Waals surface area contributed by atoms with Gasteiger partial charge in [-0.3, -0.25) is 0 Å². The summed E-state index contributed by atoms with van der Waals surface area (Å²) in [5.74, 6) is -0.472. The van der Waals surface area contributed by atoms with Crippen LogP contribution in [0.15, 0.2) is 58.8 Å². The molecule has 0 unspecified atom stereocenters. The number of ether oxygens (including phenoxy) is 1. The van der Waals surface area contributed by atoms with E-state index in [1.807, 2.05) is 29.6 Å². The maximum atomic E-state index is 12.1. The molecular formula is C17H14O4S2. The molecule has 0 saturated carbocycles. The van der Waals surface area contributed by atoms with Gasteiger partial charge in [-0.15, -0.1) is 11.3 Å². The van der Waals surface area contributed by atoms with Crippen molar-refractivity contribution in [2.24, 2.45) is 0 Å². The first-order chi connectivity index (χ1) is 10.9. The molecule has 0 radical (unpaired) electrons. The highest BCUT2D eigenvalue weighted by molar-refractivity contribution is 7.90. The van der Waals surface area contributed by atoms with E-state index in [0.717, 1.165) is 21.9 Å².